The summed E-state index contributed by atoms with van der Waals surface area (Å²) >= 11 is 1.08. The van der Waals surface area contributed by atoms with Crippen LogP contribution in [0.4, 0.5) is 9.93 Å². The van der Waals surface area contributed by atoms with Crippen molar-refractivity contribution in [1.29, 1.82) is 0 Å². The molecule has 0 aliphatic carbocycles. The molecule has 1 heterocycles. The molecule has 8 heteroatoms. The first-order valence-corrected chi connectivity index (χ1v) is 8.16. The lowest BCUT2D eigenvalue weighted by Gasteiger charge is -2.07. The van der Waals surface area contributed by atoms with E-state index in [0.717, 1.165) is 17.1 Å². The number of carbonyl (C=O) groups excluding carboxylic acids is 1. The average molecular weight is 354 g/mol. The minimum Gasteiger partial charge on any atom is -0.478 e. The van der Waals surface area contributed by atoms with Crippen molar-refractivity contribution in [3.05, 3.63) is 65.7 Å². The number of hydrogen-bond acceptors (Lipinski definition) is 5. The Morgan fingerprint density at radius 1 is 1.04 bits per heavy atom. The first-order valence-electron chi connectivity index (χ1n) is 7.38. The van der Waals surface area contributed by atoms with Crippen molar-refractivity contribution < 1.29 is 14.7 Å². The summed E-state index contributed by atoms with van der Waals surface area (Å²) in [7, 11) is 0. The van der Waals surface area contributed by atoms with Gasteiger partial charge in [0.2, 0.25) is 5.13 Å². The largest absolute Gasteiger partial charge is 0.478 e. The lowest BCUT2D eigenvalue weighted by Crippen LogP contribution is -2.28. The van der Waals surface area contributed by atoms with Crippen molar-refractivity contribution in [2.24, 2.45) is 0 Å². The number of anilines is 1. The maximum Gasteiger partial charge on any atom is 0.336 e. The summed E-state index contributed by atoms with van der Waals surface area (Å²) in [5, 5.41) is 14.7. The Bertz CT molecular complexity index is 896. The van der Waals surface area contributed by atoms with Crippen LogP contribution in [-0.2, 0) is 6.54 Å². The zero-order chi connectivity index (χ0) is 17.6. The number of nitrogens with zero attached hydrogens (tertiary/aromatic N) is 2. The van der Waals surface area contributed by atoms with E-state index in [1.54, 1.807) is 18.2 Å². The second-order valence-electron chi connectivity index (χ2n) is 5.06. The van der Waals surface area contributed by atoms with Gasteiger partial charge in [-0.15, -0.1) is 0 Å². The molecule has 0 saturated carbocycles. The van der Waals surface area contributed by atoms with Gasteiger partial charge in [0, 0.05) is 23.6 Å². The topological polar surface area (TPSA) is 104 Å². The van der Waals surface area contributed by atoms with Gasteiger partial charge in [0.05, 0.1) is 5.56 Å². The van der Waals surface area contributed by atoms with Gasteiger partial charge in [0.25, 0.3) is 0 Å². The number of amides is 2. The normalized spacial score (nSPS) is 10.2. The lowest BCUT2D eigenvalue weighted by atomic mass is 10.1. The summed E-state index contributed by atoms with van der Waals surface area (Å²) < 4.78 is 4.21. The molecule has 0 aliphatic rings. The van der Waals surface area contributed by atoms with Crippen LogP contribution in [0.2, 0.25) is 0 Å². The molecule has 2 aromatic carbocycles. The maximum atomic E-state index is 12.0. The molecule has 25 heavy (non-hydrogen) atoms. The Labute approximate surface area is 147 Å². The quantitative estimate of drug-likeness (QED) is 0.652. The molecule has 0 bridgehead atoms. The summed E-state index contributed by atoms with van der Waals surface area (Å²) in [5.41, 5.74) is 1.54. The third kappa shape index (κ3) is 4.18. The molecule has 7 nitrogen and oxygen atoms in total. The Morgan fingerprint density at radius 2 is 1.76 bits per heavy atom. The van der Waals surface area contributed by atoms with Crippen LogP contribution in [0, 0.1) is 0 Å². The Hall–Kier alpha value is -3.26. The third-order valence-electron chi connectivity index (χ3n) is 3.37. The Balaban J connectivity index is 1.61. The number of nitrogens with one attached hydrogen (secondary N) is 2. The second kappa shape index (κ2) is 7.54. The number of aromatic carboxylic acids is 1. The molecular formula is C17H14N4O3S. The molecule has 1 aromatic heterocycles. The fourth-order valence-electron chi connectivity index (χ4n) is 2.18. The standard InChI is InChI=1S/C17H14N4O3S/c22-15(23)13-9-5-4-8-12(13)10-18-16(24)20-17-19-14(21-25-17)11-6-2-1-3-7-11/h1-9H,10H2,(H,22,23)(H2,18,19,20,21,24). The van der Waals surface area contributed by atoms with Crippen molar-refractivity contribution in [1.82, 2.24) is 14.7 Å². The van der Waals surface area contributed by atoms with Gasteiger partial charge < -0.3 is 10.4 Å². The van der Waals surface area contributed by atoms with E-state index in [0.29, 0.717) is 16.5 Å². The fourth-order valence-corrected chi connectivity index (χ4v) is 2.76. The van der Waals surface area contributed by atoms with E-state index in [-0.39, 0.29) is 12.1 Å². The van der Waals surface area contributed by atoms with Crippen LogP contribution in [0.15, 0.2) is 54.6 Å². The van der Waals surface area contributed by atoms with Crippen LogP contribution >= 0.6 is 11.5 Å². The van der Waals surface area contributed by atoms with Gasteiger partial charge in [0.1, 0.15) is 0 Å². The Morgan fingerprint density at radius 3 is 2.52 bits per heavy atom. The van der Waals surface area contributed by atoms with Crippen LogP contribution in [0.3, 0.4) is 0 Å². The second-order valence-corrected chi connectivity index (χ2v) is 5.81. The summed E-state index contributed by atoms with van der Waals surface area (Å²) in [6, 6.07) is 15.5. The highest BCUT2D eigenvalue weighted by Crippen LogP contribution is 2.20. The minimum atomic E-state index is -1.03. The van der Waals surface area contributed by atoms with E-state index in [9.17, 15) is 9.59 Å². The Kier molecular flexibility index (Phi) is 5.00. The van der Waals surface area contributed by atoms with Crippen LogP contribution in [-0.4, -0.2) is 26.5 Å². The van der Waals surface area contributed by atoms with Gasteiger partial charge >= 0.3 is 12.0 Å². The van der Waals surface area contributed by atoms with Crippen LogP contribution in [0.25, 0.3) is 11.4 Å². The molecular weight excluding hydrogens is 340 g/mol. The number of hydrogen-bond donors (Lipinski definition) is 3. The fraction of sp³-hybridized carbons (Fsp3) is 0.0588. The first-order chi connectivity index (χ1) is 12.1. The summed E-state index contributed by atoms with van der Waals surface area (Å²) in [5.74, 6) is -0.494. The molecule has 0 aliphatic heterocycles. The average Bonchev–Trinajstić information content (AvgIpc) is 3.09. The van der Waals surface area contributed by atoms with Crippen LogP contribution < -0.4 is 10.6 Å². The zero-order valence-corrected chi connectivity index (χ0v) is 13.8. The van der Waals surface area contributed by atoms with Gasteiger partial charge in [-0.1, -0.05) is 48.5 Å². The molecule has 126 valence electrons. The van der Waals surface area contributed by atoms with Crippen molar-refractivity contribution in [3.8, 4) is 11.4 Å². The molecule has 2 amide bonds. The lowest BCUT2D eigenvalue weighted by molar-refractivity contribution is 0.0695. The van der Waals surface area contributed by atoms with E-state index >= 15 is 0 Å². The number of rotatable bonds is 5. The first kappa shape index (κ1) is 16.6. The van der Waals surface area contributed by atoms with E-state index in [1.807, 2.05) is 30.3 Å². The smallest absolute Gasteiger partial charge is 0.336 e. The van der Waals surface area contributed by atoms with Gasteiger partial charge in [-0.25, -0.2) is 9.59 Å². The van der Waals surface area contributed by atoms with Crippen LogP contribution in [0.5, 0.6) is 0 Å². The summed E-state index contributed by atoms with van der Waals surface area (Å²) in [4.78, 5) is 27.4. The molecule has 0 saturated heterocycles. The van der Waals surface area contributed by atoms with E-state index < -0.39 is 12.0 Å². The number of carboxylic acids is 1. The van der Waals surface area contributed by atoms with E-state index in [1.165, 1.54) is 6.07 Å². The van der Waals surface area contributed by atoms with Crippen LogP contribution in [0.1, 0.15) is 15.9 Å². The highest BCUT2D eigenvalue weighted by Gasteiger charge is 2.12. The van der Waals surface area contributed by atoms with Crippen molar-refractivity contribution in [2.75, 3.05) is 5.32 Å². The molecule has 0 unspecified atom stereocenters. The van der Waals surface area contributed by atoms with Gasteiger partial charge in [0.15, 0.2) is 5.82 Å². The molecule has 0 radical (unpaired) electrons. The maximum absolute atomic E-state index is 12.0. The van der Waals surface area contributed by atoms with Gasteiger partial charge in [-0.2, -0.15) is 9.36 Å². The number of carbonyl (C=O) groups is 2. The third-order valence-corrected chi connectivity index (χ3v) is 4.00. The minimum absolute atomic E-state index is 0.0959. The number of benzene rings is 2. The molecule has 0 atom stereocenters. The SMILES string of the molecule is O=C(NCc1ccccc1C(=O)O)Nc1nc(-c2ccccc2)ns1. The van der Waals surface area contributed by atoms with Gasteiger partial charge in [-0.3, -0.25) is 5.32 Å². The molecule has 0 fully saturated rings. The molecule has 0 spiro atoms. The number of urea groups is 1. The number of carboxylic acid groups (broad SMARTS) is 1. The monoisotopic (exact) mass is 354 g/mol. The summed E-state index contributed by atoms with van der Waals surface area (Å²) in [6.45, 7) is 0.0959. The van der Waals surface area contributed by atoms with Crippen molar-refractivity contribution in [3.63, 3.8) is 0 Å². The van der Waals surface area contributed by atoms with Crippen molar-refractivity contribution in [2.45, 2.75) is 6.54 Å². The predicted octanol–water partition coefficient (Wildman–Crippen LogP) is 3.23. The highest BCUT2D eigenvalue weighted by molar-refractivity contribution is 7.10. The number of aromatic nitrogens is 2. The predicted molar refractivity (Wildman–Crippen MR) is 94.6 cm³/mol. The van der Waals surface area contributed by atoms with Gasteiger partial charge in [-0.05, 0) is 11.6 Å². The molecule has 3 aromatic rings. The zero-order valence-electron chi connectivity index (χ0n) is 13.0. The highest BCUT2D eigenvalue weighted by atomic mass is 32.1. The molecule has 3 N–H and O–H groups in total. The summed E-state index contributed by atoms with van der Waals surface area (Å²) in [6.07, 6.45) is 0. The molecule has 3 rings (SSSR count). The van der Waals surface area contributed by atoms with Crippen molar-refractivity contribution >= 4 is 28.7 Å². The van der Waals surface area contributed by atoms with E-state index in [4.69, 9.17) is 5.11 Å². The van der Waals surface area contributed by atoms with E-state index in [2.05, 4.69) is 20.0 Å².